The van der Waals surface area contributed by atoms with Gasteiger partial charge in [-0.1, -0.05) is 39.3 Å². The Kier molecular flexibility index (Phi) is 9.83. The van der Waals surface area contributed by atoms with Crippen molar-refractivity contribution in [3.05, 3.63) is 11.6 Å². The van der Waals surface area contributed by atoms with E-state index in [1.54, 1.807) is 0 Å². The molecule has 13 unspecified atom stereocenters. The van der Waals surface area contributed by atoms with Gasteiger partial charge < -0.3 is 64.2 Å². The van der Waals surface area contributed by atoms with E-state index in [1.165, 1.54) is 12.5 Å². The SMILES string of the molecule is CC1CC[C@@]2(OC1)O[C@H]1C[C@H]3[C@@H]4CC=C5CC(OC6OC(CO)C(O)C(O)C6OC6OC(C)C(O)C(O)C6O)CC[C@]5(C)[C@@H]4CC[C@]3(C)[C@@]1(O)C2C. The van der Waals surface area contributed by atoms with Crippen molar-refractivity contribution in [1.82, 2.24) is 0 Å². The first-order valence-corrected chi connectivity index (χ1v) is 19.9. The van der Waals surface area contributed by atoms with Crippen molar-refractivity contribution < 1.29 is 64.2 Å². The van der Waals surface area contributed by atoms with Crippen molar-refractivity contribution in [3.63, 3.8) is 0 Å². The van der Waals surface area contributed by atoms with Crippen LogP contribution >= 0.6 is 0 Å². The number of aliphatic hydroxyl groups is 7. The van der Waals surface area contributed by atoms with Crippen molar-refractivity contribution in [2.24, 2.45) is 40.4 Å². The van der Waals surface area contributed by atoms with Crippen LogP contribution in [0.2, 0.25) is 0 Å². The second-order valence-corrected chi connectivity index (χ2v) is 18.4. The molecular weight excluding hydrogens is 676 g/mol. The maximum absolute atomic E-state index is 12.7. The molecule has 1 spiro atoms. The topological polar surface area (TPSA) is 197 Å². The van der Waals surface area contributed by atoms with Gasteiger partial charge in [0.15, 0.2) is 18.4 Å². The average Bonchev–Trinajstić information content (AvgIpc) is 3.48. The fraction of sp³-hybridized carbons (Fsp3) is 0.949. The molecular formula is C39H62O13. The minimum absolute atomic E-state index is 0.0411. The Hall–Kier alpha value is -0.780. The molecule has 7 N–H and O–H groups in total. The molecule has 0 aromatic heterocycles. The van der Waals surface area contributed by atoms with Gasteiger partial charge in [-0.3, -0.25) is 0 Å². The molecule has 296 valence electrons. The minimum atomic E-state index is -1.62. The standard InChI is InChI=1S/C39H62O13/c1-18-8-13-38(47-17-18)20(3)39(46)27(52-38)15-25-23-7-6-21-14-22(9-11-36(21,4)24(23)10-12-37(25,39)5)49-35-33(31(44)29(42)26(16-40)50-35)51-34-32(45)30(43)28(41)19(2)48-34/h6,18-20,22-35,40-46H,7-17H2,1-5H3/t18?,19?,20?,22?,23-,24-,25+,26?,27+,28?,29?,30?,31?,32?,33?,34?,35?,36+,37+,38-,39-/m1/s1. The van der Waals surface area contributed by atoms with E-state index in [0.717, 1.165) is 44.9 Å². The first-order valence-electron chi connectivity index (χ1n) is 19.9. The summed E-state index contributed by atoms with van der Waals surface area (Å²) in [5.41, 5.74) is 0.0981. The Labute approximate surface area is 306 Å². The second kappa shape index (κ2) is 13.4. The molecule has 0 radical (unpaired) electrons. The Balaban J connectivity index is 0.977. The van der Waals surface area contributed by atoms with Gasteiger partial charge in [0, 0.05) is 17.8 Å². The lowest BCUT2D eigenvalue weighted by molar-refractivity contribution is -0.369. The van der Waals surface area contributed by atoms with Crippen LogP contribution in [0.3, 0.4) is 0 Å². The van der Waals surface area contributed by atoms with E-state index in [-0.39, 0.29) is 29.0 Å². The van der Waals surface area contributed by atoms with Gasteiger partial charge in [0.1, 0.15) is 48.3 Å². The number of rotatable bonds is 5. The highest BCUT2D eigenvalue weighted by molar-refractivity contribution is 5.29. The Bertz CT molecular complexity index is 1350. The van der Waals surface area contributed by atoms with Gasteiger partial charge in [0.05, 0.1) is 31.5 Å². The summed E-state index contributed by atoms with van der Waals surface area (Å²) in [7, 11) is 0. The van der Waals surface area contributed by atoms with Crippen LogP contribution in [0.1, 0.15) is 92.4 Å². The largest absolute Gasteiger partial charge is 0.394 e. The summed E-state index contributed by atoms with van der Waals surface area (Å²) in [6.45, 7) is 10.7. The van der Waals surface area contributed by atoms with Gasteiger partial charge in [0.2, 0.25) is 0 Å². The number of fused-ring (bicyclic) bond motifs is 7. The normalized spacial score (nSPS) is 58.9. The van der Waals surface area contributed by atoms with E-state index in [1.807, 2.05) is 0 Å². The molecule has 3 saturated carbocycles. The molecule has 21 atom stereocenters. The zero-order valence-electron chi connectivity index (χ0n) is 31.3. The first-order chi connectivity index (χ1) is 24.6. The van der Waals surface area contributed by atoms with E-state index < -0.39 is 79.4 Å². The zero-order chi connectivity index (χ0) is 37.1. The number of ether oxygens (including phenoxy) is 6. The highest BCUT2D eigenvalue weighted by Gasteiger charge is 2.76. The molecule has 52 heavy (non-hydrogen) atoms. The molecule has 4 aliphatic carbocycles. The zero-order valence-corrected chi connectivity index (χ0v) is 31.3. The van der Waals surface area contributed by atoms with Crippen LogP contribution < -0.4 is 0 Å². The lowest BCUT2D eigenvalue weighted by Crippen LogP contribution is -2.64. The Morgan fingerprint density at radius 3 is 2.31 bits per heavy atom. The molecule has 4 saturated heterocycles. The summed E-state index contributed by atoms with van der Waals surface area (Å²) in [5.74, 6) is 0.929. The summed E-state index contributed by atoms with van der Waals surface area (Å²) in [4.78, 5) is 0. The molecule has 8 aliphatic rings. The number of allylic oxidation sites excluding steroid dienone is 1. The summed E-state index contributed by atoms with van der Waals surface area (Å²) in [6.07, 6.45) is -3.83. The summed E-state index contributed by atoms with van der Waals surface area (Å²) in [6, 6.07) is 0. The maximum Gasteiger partial charge on any atom is 0.187 e. The predicted octanol–water partition coefficient (Wildman–Crippen LogP) is 1.50. The molecule has 4 heterocycles. The molecule has 0 aromatic carbocycles. The van der Waals surface area contributed by atoms with Gasteiger partial charge in [-0.15, -0.1) is 0 Å². The summed E-state index contributed by atoms with van der Waals surface area (Å²) in [5, 5.41) is 75.6. The predicted molar refractivity (Wildman–Crippen MR) is 183 cm³/mol. The molecule has 0 aromatic rings. The van der Waals surface area contributed by atoms with E-state index >= 15 is 0 Å². The van der Waals surface area contributed by atoms with Gasteiger partial charge >= 0.3 is 0 Å². The second-order valence-electron chi connectivity index (χ2n) is 18.4. The van der Waals surface area contributed by atoms with E-state index in [0.29, 0.717) is 43.1 Å². The third-order valence-corrected chi connectivity index (χ3v) is 15.8. The first kappa shape index (κ1) is 38.1. The van der Waals surface area contributed by atoms with E-state index in [9.17, 15) is 35.7 Å². The Morgan fingerprint density at radius 2 is 1.60 bits per heavy atom. The Morgan fingerprint density at radius 1 is 0.827 bits per heavy atom. The van der Waals surface area contributed by atoms with E-state index in [4.69, 9.17) is 28.4 Å². The molecule has 0 bridgehead atoms. The molecule has 13 heteroatoms. The van der Waals surface area contributed by atoms with Crippen molar-refractivity contribution in [2.45, 2.75) is 177 Å². The van der Waals surface area contributed by atoms with Crippen LogP contribution in [0.15, 0.2) is 11.6 Å². The highest BCUT2D eigenvalue weighted by atomic mass is 16.8. The van der Waals surface area contributed by atoms with Crippen LogP contribution in [-0.4, -0.2) is 134 Å². The summed E-state index contributed by atoms with van der Waals surface area (Å²) < 4.78 is 37.3. The average molecular weight is 739 g/mol. The minimum Gasteiger partial charge on any atom is -0.394 e. The van der Waals surface area contributed by atoms with Crippen molar-refractivity contribution >= 4 is 0 Å². The molecule has 0 amide bonds. The van der Waals surface area contributed by atoms with E-state index in [2.05, 4.69) is 33.8 Å². The lowest BCUT2D eigenvalue weighted by Gasteiger charge is -2.60. The van der Waals surface area contributed by atoms with Crippen LogP contribution in [0, 0.1) is 40.4 Å². The van der Waals surface area contributed by atoms with Crippen LogP contribution in [0.5, 0.6) is 0 Å². The monoisotopic (exact) mass is 738 g/mol. The fourth-order valence-electron chi connectivity index (χ4n) is 12.5. The molecule has 4 aliphatic heterocycles. The van der Waals surface area contributed by atoms with Crippen LogP contribution in [-0.2, 0) is 28.4 Å². The van der Waals surface area contributed by atoms with Crippen LogP contribution in [0.4, 0.5) is 0 Å². The maximum atomic E-state index is 12.7. The number of hydrogen-bond acceptors (Lipinski definition) is 13. The number of aliphatic hydroxyl groups excluding tert-OH is 6. The lowest BCUT2D eigenvalue weighted by atomic mass is 9.46. The third kappa shape index (κ3) is 5.50. The number of hydrogen-bond donors (Lipinski definition) is 7. The van der Waals surface area contributed by atoms with Gasteiger partial charge in [-0.25, -0.2) is 0 Å². The molecule has 8 rings (SSSR count). The third-order valence-electron chi connectivity index (χ3n) is 15.8. The van der Waals surface area contributed by atoms with Crippen molar-refractivity contribution in [3.8, 4) is 0 Å². The van der Waals surface area contributed by atoms with Crippen molar-refractivity contribution in [1.29, 1.82) is 0 Å². The molecule has 13 nitrogen and oxygen atoms in total. The molecule has 7 fully saturated rings. The fourth-order valence-corrected chi connectivity index (χ4v) is 12.5. The summed E-state index contributed by atoms with van der Waals surface area (Å²) >= 11 is 0. The smallest absolute Gasteiger partial charge is 0.187 e. The quantitative estimate of drug-likeness (QED) is 0.201. The van der Waals surface area contributed by atoms with Crippen molar-refractivity contribution in [2.75, 3.05) is 13.2 Å². The van der Waals surface area contributed by atoms with Gasteiger partial charge in [-0.05, 0) is 87.4 Å². The van der Waals surface area contributed by atoms with Gasteiger partial charge in [0.25, 0.3) is 0 Å². The van der Waals surface area contributed by atoms with Crippen LogP contribution in [0.25, 0.3) is 0 Å². The highest BCUT2D eigenvalue weighted by Crippen LogP contribution is 2.72. The van der Waals surface area contributed by atoms with Gasteiger partial charge in [-0.2, -0.15) is 0 Å².